The molecular formula is C15H19NO2. The molecule has 0 bridgehead atoms. The molecule has 1 unspecified atom stereocenters. The van der Waals surface area contributed by atoms with E-state index in [2.05, 4.69) is 37.9 Å². The molecule has 1 heterocycles. The lowest BCUT2D eigenvalue weighted by Gasteiger charge is -2.07. The lowest BCUT2D eigenvalue weighted by atomic mass is 9.98. The summed E-state index contributed by atoms with van der Waals surface area (Å²) in [4.78, 5) is 14.2. The summed E-state index contributed by atoms with van der Waals surface area (Å²) in [6.07, 6.45) is 0.158. The van der Waals surface area contributed by atoms with E-state index >= 15 is 0 Å². The molecule has 0 aliphatic carbocycles. The van der Waals surface area contributed by atoms with Gasteiger partial charge in [-0.25, -0.2) is 0 Å². The number of hydrogen-bond donors (Lipinski definition) is 2. The lowest BCUT2D eigenvalue weighted by molar-refractivity contribution is -0.137. The molecule has 1 aromatic heterocycles. The number of nitrogens with one attached hydrogen (secondary N) is 1. The first-order valence-electron chi connectivity index (χ1n) is 6.22. The number of H-pyrrole nitrogens is 1. The molecule has 3 heteroatoms. The number of carboxylic acids is 1. The van der Waals surface area contributed by atoms with E-state index in [-0.39, 0.29) is 12.3 Å². The monoisotopic (exact) mass is 245 g/mol. The van der Waals surface area contributed by atoms with E-state index in [1.165, 1.54) is 22.1 Å². The molecule has 0 spiro atoms. The standard InChI is InChI=1S/C15H19NO2/c1-8-5-6-9(2)15-13(8)11(4)14(16-15)10(3)7-12(17)18/h5-6,10,16H,7H2,1-4H3,(H,17,18). The summed E-state index contributed by atoms with van der Waals surface area (Å²) in [5, 5.41) is 10.1. The molecule has 0 saturated heterocycles. The largest absolute Gasteiger partial charge is 0.481 e. The summed E-state index contributed by atoms with van der Waals surface area (Å²) < 4.78 is 0. The predicted octanol–water partition coefficient (Wildman–Crippen LogP) is 3.67. The minimum atomic E-state index is -0.756. The number of fused-ring (bicyclic) bond motifs is 1. The molecule has 2 rings (SSSR count). The van der Waals surface area contributed by atoms with E-state index in [1.54, 1.807) is 0 Å². The number of benzene rings is 1. The second-order valence-electron chi connectivity index (χ2n) is 5.11. The fourth-order valence-corrected chi connectivity index (χ4v) is 2.68. The van der Waals surface area contributed by atoms with E-state index in [9.17, 15) is 4.79 Å². The summed E-state index contributed by atoms with van der Waals surface area (Å²) in [6.45, 7) is 8.19. The van der Waals surface area contributed by atoms with E-state index in [0.717, 1.165) is 11.2 Å². The van der Waals surface area contributed by atoms with Gasteiger partial charge < -0.3 is 10.1 Å². The predicted molar refractivity (Wildman–Crippen MR) is 73.2 cm³/mol. The maximum atomic E-state index is 10.8. The zero-order chi connectivity index (χ0) is 13.4. The topological polar surface area (TPSA) is 53.1 Å². The van der Waals surface area contributed by atoms with Crippen molar-refractivity contribution in [1.29, 1.82) is 0 Å². The fourth-order valence-electron chi connectivity index (χ4n) is 2.68. The summed E-state index contributed by atoms with van der Waals surface area (Å²) in [5.41, 5.74) is 5.80. The Morgan fingerprint density at radius 2 is 1.89 bits per heavy atom. The van der Waals surface area contributed by atoms with Gasteiger partial charge in [0.2, 0.25) is 0 Å². The third-order valence-corrected chi connectivity index (χ3v) is 3.63. The Morgan fingerprint density at radius 1 is 1.28 bits per heavy atom. The minimum absolute atomic E-state index is 0.00806. The Kier molecular flexibility index (Phi) is 3.16. The van der Waals surface area contributed by atoms with Gasteiger partial charge in [-0.3, -0.25) is 4.79 Å². The van der Waals surface area contributed by atoms with Crippen molar-refractivity contribution >= 4 is 16.9 Å². The van der Waals surface area contributed by atoms with Crippen LogP contribution in [0.15, 0.2) is 12.1 Å². The highest BCUT2D eigenvalue weighted by Crippen LogP contribution is 2.32. The van der Waals surface area contributed by atoms with E-state index < -0.39 is 5.97 Å². The van der Waals surface area contributed by atoms with Crippen LogP contribution in [0.4, 0.5) is 0 Å². The average molecular weight is 245 g/mol. The number of aromatic nitrogens is 1. The van der Waals surface area contributed by atoms with Gasteiger partial charge in [0.05, 0.1) is 6.42 Å². The summed E-state index contributed by atoms with van der Waals surface area (Å²) in [5.74, 6) is -0.747. The van der Waals surface area contributed by atoms with Gasteiger partial charge in [-0.05, 0) is 37.5 Å². The molecule has 3 nitrogen and oxygen atoms in total. The third-order valence-electron chi connectivity index (χ3n) is 3.63. The summed E-state index contributed by atoms with van der Waals surface area (Å²) >= 11 is 0. The Hall–Kier alpha value is -1.77. The van der Waals surface area contributed by atoms with Gasteiger partial charge >= 0.3 is 5.97 Å². The van der Waals surface area contributed by atoms with E-state index in [4.69, 9.17) is 5.11 Å². The van der Waals surface area contributed by atoms with Gasteiger partial charge in [0.1, 0.15) is 0 Å². The molecule has 2 aromatic rings. The number of aliphatic carboxylic acids is 1. The lowest BCUT2D eigenvalue weighted by Crippen LogP contribution is -2.04. The Balaban J connectivity index is 2.60. The molecule has 0 radical (unpaired) electrons. The molecule has 0 saturated carbocycles. The van der Waals surface area contributed by atoms with E-state index in [1.807, 2.05) is 6.92 Å². The van der Waals surface area contributed by atoms with Gasteiger partial charge in [-0.2, -0.15) is 0 Å². The zero-order valence-corrected chi connectivity index (χ0v) is 11.3. The minimum Gasteiger partial charge on any atom is -0.481 e. The average Bonchev–Trinajstić information content (AvgIpc) is 2.62. The summed E-state index contributed by atoms with van der Waals surface area (Å²) in [7, 11) is 0. The van der Waals surface area contributed by atoms with Crippen LogP contribution in [0.5, 0.6) is 0 Å². The van der Waals surface area contributed by atoms with Crippen molar-refractivity contribution in [2.24, 2.45) is 0 Å². The number of carbonyl (C=O) groups is 1. The first-order valence-corrected chi connectivity index (χ1v) is 6.22. The molecule has 0 fully saturated rings. The van der Waals surface area contributed by atoms with E-state index in [0.29, 0.717) is 0 Å². The highest BCUT2D eigenvalue weighted by atomic mass is 16.4. The number of rotatable bonds is 3. The molecule has 96 valence electrons. The van der Waals surface area contributed by atoms with Crippen LogP contribution in [0.1, 0.15) is 41.6 Å². The first kappa shape index (κ1) is 12.7. The van der Waals surface area contributed by atoms with Gasteiger partial charge in [0.15, 0.2) is 0 Å². The first-order chi connectivity index (χ1) is 8.41. The van der Waals surface area contributed by atoms with Crippen molar-refractivity contribution in [2.75, 3.05) is 0 Å². The Bertz CT molecular complexity index is 610. The molecule has 2 N–H and O–H groups in total. The van der Waals surface area contributed by atoms with Crippen molar-refractivity contribution in [1.82, 2.24) is 4.98 Å². The van der Waals surface area contributed by atoms with Crippen molar-refractivity contribution in [3.63, 3.8) is 0 Å². The molecule has 18 heavy (non-hydrogen) atoms. The zero-order valence-electron chi connectivity index (χ0n) is 11.3. The van der Waals surface area contributed by atoms with Crippen molar-refractivity contribution in [3.05, 3.63) is 34.5 Å². The highest BCUT2D eigenvalue weighted by molar-refractivity contribution is 5.90. The number of hydrogen-bond acceptors (Lipinski definition) is 1. The maximum Gasteiger partial charge on any atom is 0.304 e. The molecule has 0 aliphatic heterocycles. The van der Waals surface area contributed by atoms with Crippen LogP contribution in [0, 0.1) is 20.8 Å². The second-order valence-corrected chi connectivity index (χ2v) is 5.11. The third kappa shape index (κ3) is 2.01. The van der Waals surface area contributed by atoms with Crippen LogP contribution in [0.2, 0.25) is 0 Å². The molecule has 0 amide bonds. The van der Waals surface area contributed by atoms with Crippen LogP contribution in [-0.2, 0) is 4.79 Å². The van der Waals surface area contributed by atoms with Crippen LogP contribution >= 0.6 is 0 Å². The van der Waals surface area contributed by atoms with Gasteiger partial charge in [0, 0.05) is 22.5 Å². The van der Waals surface area contributed by atoms with Gasteiger partial charge in [-0.1, -0.05) is 19.1 Å². The Labute approximate surface area is 107 Å². The normalized spacial score (nSPS) is 12.9. The van der Waals surface area contributed by atoms with Crippen molar-refractivity contribution in [3.8, 4) is 0 Å². The van der Waals surface area contributed by atoms with Crippen LogP contribution in [0.25, 0.3) is 10.9 Å². The molecule has 1 aromatic carbocycles. The molecular weight excluding hydrogens is 226 g/mol. The maximum absolute atomic E-state index is 10.8. The molecule has 1 atom stereocenters. The number of aryl methyl sites for hydroxylation is 3. The SMILES string of the molecule is Cc1ccc(C)c2c(C)c(C(C)CC(=O)O)[nH]c12. The number of aromatic amines is 1. The van der Waals surface area contributed by atoms with Gasteiger partial charge in [-0.15, -0.1) is 0 Å². The van der Waals surface area contributed by atoms with Crippen molar-refractivity contribution in [2.45, 2.75) is 40.0 Å². The second kappa shape index (κ2) is 4.48. The smallest absolute Gasteiger partial charge is 0.304 e. The quantitative estimate of drug-likeness (QED) is 0.866. The van der Waals surface area contributed by atoms with Gasteiger partial charge in [0.25, 0.3) is 0 Å². The number of carboxylic acid groups (broad SMARTS) is 1. The van der Waals surface area contributed by atoms with Crippen LogP contribution < -0.4 is 0 Å². The van der Waals surface area contributed by atoms with Crippen LogP contribution in [0.3, 0.4) is 0 Å². The Morgan fingerprint density at radius 3 is 2.44 bits per heavy atom. The highest BCUT2D eigenvalue weighted by Gasteiger charge is 2.18. The van der Waals surface area contributed by atoms with Crippen molar-refractivity contribution < 1.29 is 9.90 Å². The summed E-state index contributed by atoms with van der Waals surface area (Å²) in [6, 6.07) is 4.21. The van der Waals surface area contributed by atoms with Crippen LogP contribution in [-0.4, -0.2) is 16.1 Å². The molecule has 0 aliphatic rings. The fraction of sp³-hybridized carbons (Fsp3) is 0.400.